The number of rotatable bonds is 4. The van der Waals surface area contributed by atoms with E-state index in [1.54, 1.807) is 30.4 Å². The van der Waals surface area contributed by atoms with Crippen LogP contribution in [0.25, 0.3) is 0 Å². The first-order chi connectivity index (χ1) is 8.56. The number of nitro groups is 1. The number of halogens is 1. The lowest BCUT2D eigenvalue weighted by molar-refractivity contribution is -0.385. The van der Waals surface area contributed by atoms with Crippen molar-refractivity contribution in [3.8, 4) is 0 Å². The Kier molecular flexibility index (Phi) is 3.98. The van der Waals surface area contributed by atoms with Gasteiger partial charge in [-0.2, -0.15) is 0 Å². The summed E-state index contributed by atoms with van der Waals surface area (Å²) in [5.74, 6) is 0. The molecule has 0 saturated carbocycles. The number of nitrogens with zero attached hydrogens (tertiary/aromatic N) is 1. The smallest absolute Gasteiger partial charge is 0.274 e. The molecule has 0 bridgehead atoms. The van der Waals surface area contributed by atoms with Crippen LogP contribution in [0.15, 0.2) is 33.4 Å². The second-order valence-corrected chi connectivity index (χ2v) is 6.16. The molecule has 2 aromatic rings. The van der Waals surface area contributed by atoms with Gasteiger partial charge in [0.15, 0.2) is 0 Å². The fourth-order valence-electron chi connectivity index (χ4n) is 1.56. The Morgan fingerprint density at radius 1 is 1.44 bits per heavy atom. The zero-order valence-corrected chi connectivity index (χ0v) is 12.0. The second kappa shape index (κ2) is 5.49. The van der Waals surface area contributed by atoms with Crippen molar-refractivity contribution in [1.82, 2.24) is 0 Å². The van der Waals surface area contributed by atoms with Gasteiger partial charge in [-0.05, 0) is 45.9 Å². The maximum Gasteiger partial charge on any atom is 0.274 e. The Hall–Kier alpha value is -1.40. The van der Waals surface area contributed by atoms with Crippen molar-refractivity contribution in [3.63, 3.8) is 0 Å². The molecule has 0 spiro atoms. The Labute approximate surface area is 117 Å². The van der Waals surface area contributed by atoms with Gasteiger partial charge in [-0.3, -0.25) is 10.1 Å². The summed E-state index contributed by atoms with van der Waals surface area (Å²) < 4.78 is 1.08. The van der Waals surface area contributed by atoms with Gasteiger partial charge in [0.1, 0.15) is 0 Å². The van der Waals surface area contributed by atoms with Crippen LogP contribution < -0.4 is 5.32 Å². The Morgan fingerprint density at radius 2 is 2.22 bits per heavy atom. The molecule has 1 N–H and O–H groups in total. The number of anilines is 1. The van der Waals surface area contributed by atoms with Crippen LogP contribution in [-0.4, -0.2) is 4.92 Å². The van der Waals surface area contributed by atoms with Gasteiger partial charge in [0, 0.05) is 23.9 Å². The van der Waals surface area contributed by atoms with E-state index < -0.39 is 0 Å². The molecule has 1 aromatic heterocycles. The molecule has 18 heavy (non-hydrogen) atoms. The quantitative estimate of drug-likeness (QED) is 0.671. The zero-order chi connectivity index (χ0) is 13.1. The summed E-state index contributed by atoms with van der Waals surface area (Å²) in [5.41, 5.74) is 2.72. The van der Waals surface area contributed by atoms with Crippen LogP contribution >= 0.6 is 27.3 Å². The Morgan fingerprint density at radius 3 is 2.83 bits per heavy atom. The summed E-state index contributed by atoms with van der Waals surface area (Å²) >= 11 is 5.02. The van der Waals surface area contributed by atoms with Crippen LogP contribution in [0.3, 0.4) is 0 Å². The van der Waals surface area contributed by atoms with Gasteiger partial charge in [0.05, 0.1) is 8.71 Å². The second-order valence-electron chi connectivity index (χ2n) is 3.87. The number of benzene rings is 1. The fourth-order valence-corrected chi connectivity index (χ4v) is 2.77. The van der Waals surface area contributed by atoms with E-state index in [0.29, 0.717) is 12.1 Å². The lowest BCUT2D eigenvalue weighted by Gasteiger charge is -2.05. The summed E-state index contributed by atoms with van der Waals surface area (Å²) in [5, 5.41) is 16.0. The molecule has 0 atom stereocenters. The van der Waals surface area contributed by atoms with Gasteiger partial charge in [-0.1, -0.05) is 6.07 Å². The third-order valence-electron chi connectivity index (χ3n) is 2.52. The monoisotopic (exact) mass is 326 g/mol. The van der Waals surface area contributed by atoms with Crippen LogP contribution in [0, 0.1) is 17.0 Å². The normalized spacial score (nSPS) is 10.3. The van der Waals surface area contributed by atoms with Crippen molar-refractivity contribution in [3.05, 3.63) is 54.7 Å². The number of hydrogen-bond donors (Lipinski definition) is 1. The van der Waals surface area contributed by atoms with E-state index in [1.807, 2.05) is 17.5 Å². The molecule has 94 valence electrons. The largest absolute Gasteiger partial charge is 0.381 e. The molecule has 0 unspecified atom stereocenters. The molecule has 6 heteroatoms. The SMILES string of the molecule is Cc1ccc(NCc2csc(Br)c2)cc1[N+](=O)[O-]. The minimum Gasteiger partial charge on any atom is -0.381 e. The van der Waals surface area contributed by atoms with Gasteiger partial charge in [0.25, 0.3) is 5.69 Å². The highest BCUT2D eigenvalue weighted by Crippen LogP contribution is 2.24. The molecule has 0 saturated heterocycles. The minimum atomic E-state index is -0.359. The van der Waals surface area contributed by atoms with Crippen LogP contribution in [0.2, 0.25) is 0 Å². The van der Waals surface area contributed by atoms with Crippen LogP contribution in [0.5, 0.6) is 0 Å². The molecular weight excluding hydrogens is 316 g/mol. The van der Waals surface area contributed by atoms with E-state index in [-0.39, 0.29) is 10.6 Å². The van der Waals surface area contributed by atoms with Crippen molar-refractivity contribution in [2.24, 2.45) is 0 Å². The molecule has 1 heterocycles. The van der Waals surface area contributed by atoms with Crippen LogP contribution in [-0.2, 0) is 6.54 Å². The fraction of sp³-hybridized carbons (Fsp3) is 0.167. The maximum atomic E-state index is 10.8. The van der Waals surface area contributed by atoms with Gasteiger partial charge in [-0.25, -0.2) is 0 Å². The highest BCUT2D eigenvalue weighted by molar-refractivity contribution is 9.11. The first-order valence-corrected chi connectivity index (χ1v) is 6.95. The molecule has 0 aliphatic carbocycles. The molecular formula is C12H11BrN2O2S. The molecule has 0 aliphatic rings. The Bertz CT molecular complexity index is 583. The van der Waals surface area contributed by atoms with Crippen molar-refractivity contribution in [2.45, 2.75) is 13.5 Å². The molecule has 0 fully saturated rings. The predicted octanol–water partition coefficient (Wildman–Crippen LogP) is 4.34. The first kappa shape index (κ1) is 13.0. The summed E-state index contributed by atoms with van der Waals surface area (Å²) in [7, 11) is 0. The molecule has 0 aliphatic heterocycles. The van der Waals surface area contributed by atoms with Crippen molar-refractivity contribution >= 4 is 38.6 Å². The average Bonchev–Trinajstić information content (AvgIpc) is 2.74. The number of thiophene rings is 1. The molecule has 0 amide bonds. The summed E-state index contributed by atoms with van der Waals surface area (Å²) in [6.45, 7) is 2.39. The van der Waals surface area contributed by atoms with E-state index >= 15 is 0 Å². The topological polar surface area (TPSA) is 55.2 Å². The number of nitrogens with one attached hydrogen (secondary N) is 1. The van der Waals surface area contributed by atoms with Gasteiger partial charge < -0.3 is 5.32 Å². The standard InChI is InChI=1S/C12H11BrN2O2S/c1-8-2-3-10(5-11(8)15(16)17)14-6-9-4-12(13)18-7-9/h2-5,7,14H,6H2,1H3. The number of aryl methyl sites for hydroxylation is 1. The van der Waals surface area contributed by atoms with E-state index in [4.69, 9.17) is 0 Å². The van der Waals surface area contributed by atoms with Crippen molar-refractivity contribution in [1.29, 1.82) is 0 Å². The molecule has 2 rings (SSSR count). The van der Waals surface area contributed by atoms with Crippen LogP contribution in [0.4, 0.5) is 11.4 Å². The molecule has 0 radical (unpaired) electrons. The minimum absolute atomic E-state index is 0.145. The maximum absolute atomic E-state index is 10.8. The van der Waals surface area contributed by atoms with Crippen molar-refractivity contribution in [2.75, 3.05) is 5.32 Å². The Balaban J connectivity index is 2.10. The third-order valence-corrected chi connectivity index (χ3v) is 4.08. The lowest BCUT2D eigenvalue weighted by Crippen LogP contribution is -1.99. The van der Waals surface area contributed by atoms with Crippen molar-refractivity contribution < 1.29 is 4.92 Å². The third kappa shape index (κ3) is 3.08. The van der Waals surface area contributed by atoms with Gasteiger partial charge in [0.2, 0.25) is 0 Å². The zero-order valence-electron chi connectivity index (χ0n) is 9.64. The lowest BCUT2D eigenvalue weighted by atomic mass is 10.2. The highest BCUT2D eigenvalue weighted by Gasteiger charge is 2.10. The van der Waals surface area contributed by atoms with E-state index in [9.17, 15) is 10.1 Å². The summed E-state index contributed by atoms with van der Waals surface area (Å²) in [4.78, 5) is 10.5. The van der Waals surface area contributed by atoms with Gasteiger partial charge in [-0.15, -0.1) is 11.3 Å². The van der Waals surface area contributed by atoms with Gasteiger partial charge >= 0.3 is 0 Å². The summed E-state index contributed by atoms with van der Waals surface area (Å²) in [6.07, 6.45) is 0. The predicted molar refractivity (Wildman–Crippen MR) is 77.2 cm³/mol. The van der Waals surface area contributed by atoms with E-state index in [2.05, 4.69) is 21.2 Å². The summed E-state index contributed by atoms with van der Waals surface area (Å²) in [6, 6.07) is 7.20. The highest BCUT2D eigenvalue weighted by atomic mass is 79.9. The van der Waals surface area contributed by atoms with Crippen LogP contribution in [0.1, 0.15) is 11.1 Å². The molecule has 4 nitrogen and oxygen atoms in total. The van der Waals surface area contributed by atoms with E-state index in [1.165, 1.54) is 0 Å². The first-order valence-electron chi connectivity index (χ1n) is 5.28. The number of nitro benzene ring substituents is 1. The molecule has 1 aromatic carbocycles. The van der Waals surface area contributed by atoms with E-state index in [0.717, 1.165) is 15.0 Å². The average molecular weight is 327 g/mol. The number of hydrogen-bond acceptors (Lipinski definition) is 4.